The fraction of sp³-hybridized carbons (Fsp3) is 0.385. The van der Waals surface area contributed by atoms with Gasteiger partial charge in [0.1, 0.15) is 11.3 Å². The third-order valence-corrected chi connectivity index (χ3v) is 6.44. The van der Waals surface area contributed by atoms with E-state index in [0.717, 1.165) is 0 Å². The summed E-state index contributed by atoms with van der Waals surface area (Å²) in [6.45, 7) is 1.55. The number of alkyl halides is 2. The highest BCUT2D eigenvalue weighted by molar-refractivity contribution is 5.94. The molecule has 0 saturated heterocycles. The van der Waals surface area contributed by atoms with Gasteiger partial charge in [-0.15, -0.1) is 0 Å². The van der Waals surface area contributed by atoms with Crippen molar-refractivity contribution in [2.75, 3.05) is 7.11 Å². The summed E-state index contributed by atoms with van der Waals surface area (Å²) in [5.74, 6) is -3.31. The predicted molar refractivity (Wildman–Crippen MR) is 126 cm³/mol. The van der Waals surface area contributed by atoms with Gasteiger partial charge in [-0.1, -0.05) is 17.3 Å². The number of aryl methyl sites for hydroxylation is 2. The minimum Gasteiger partial charge on any atom is -0.465 e. The van der Waals surface area contributed by atoms with E-state index in [9.17, 15) is 13.6 Å². The smallest absolute Gasteiger partial charge is 0.337 e. The normalized spacial score (nSPS) is 17.3. The van der Waals surface area contributed by atoms with Crippen LogP contribution in [0.3, 0.4) is 0 Å². The zero-order chi connectivity index (χ0) is 26.5. The van der Waals surface area contributed by atoms with E-state index in [1.54, 1.807) is 50.5 Å². The number of methoxy groups -OCH3 is 1. The molecule has 35 heavy (non-hydrogen) atoms. The van der Waals surface area contributed by atoms with Gasteiger partial charge in [0.25, 0.3) is 0 Å². The van der Waals surface area contributed by atoms with Crippen molar-refractivity contribution in [2.45, 2.75) is 52.0 Å². The summed E-state index contributed by atoms with van der Waals surface area (Å²) < 4.78 is 57.2. The van der Waals surface area contributed by atoms with Crippen LogP contribution in [0, 0.1) is 19.8 Å². The van der Waals surface area contributed by atoms with Crippen molar-refractivity contribution in [3.8, 4) is 22.4 Å². The molecule has 1 saturated carbocycles. The van der Waals surface area contributed by atoms with E-state index in [-0.39, 0.29) is 31.3 Å². The largest absolute Gasteiger partial charge is 0.465 e. The Balaban J connectivity index is 1.66. The highest BCUT2D eigenvalue weighted by atomic mass is 19.3. The lowest BCUT2D eigenvalue weighted by Crippen LogP contribution is -2.26. The predicted octanol–water partition coefficient (Wildman–Crippen LogP) is 5.98. The number of aromatic nitrogens is 4. The Morgan fingerprint density at radius 2 is 1.97 bits per heavy atom. The summed E-state index contributed by atoms with van der Waals surface area (Å²) in [4.78, 5) is 21.3. The first kappa shape index (κ1) is 20.7. The fourth-order valence-electron chi connectivity index (χ4n) is 4.54. The zero-order valence-electron chi connectivity index (χ0n) is 21.6. The van der Waals surface area contributed by atoms with Crippen LogP contribution >= 0.6 is 0 Å². The van der Waals surface area contributed by atoms with Gasteiger partial charge in [0.15, 0.2) is 5.65 Å². The third-order valence-electron chi connectivity index (χ3n) is 6.44. The fourth-order valence-corrected chi connectivity index (χ4v) is 4.54. The van der Waals surface area contributed by atoms with E-state index in [1.165, 1.54) is 11.7 Å². The molecule has 0 unspecified atom stereocenters. The topological polar surface area (TPSA) is 83.0 Å². The molecule has 3 heterocycles. The average molecular weight is 483 g/mol. The summed E-state index contributed by atoms with van der Waals surface area (Å²) in [5.41, 5.74) is 4.18. The van der Waals surface area contributed by atoms with Crippen LogP contribution in [-0.2, 0) is 11.2 Å². The molecule has 0 radical (unpaired) electrons. The van der Waals surface area contributed by atoms with Crippen LogP contribution in [0.25, 0.3) is 33.5 Å². The lowest BCUT2D eigenvalue weighted by atomic mass is 9.87. The van der Waals surface area contributed by atoms with Crippen LogP contribution in [0.2, 0.25) is 0 Å². The average Bonchev–Trinajstić information content (AvgIpc) is 3.42. The zero-order valence-corrected chi connectivity index (χ0v) is 19.6. The number of nitrogens with zero attached hydrogens (tertiary/aromatic N) is 4. The number of halogens is 2. The monoisotopic (exact) mass is 482 g/mol. The van der Waals surface area contributed by atoms with Crippen molar-refractivity contribution in [3.63, 3.8) is 0 Å². The summed E-state index contributed by atoms with van der Waals surface area (Å²) in [5, 5.41) is 3.98. The van der Waals surface area contributed by atoms with Crippen LogP contribution in [0.5, 0.6) is 0 Å². The molecule has 0 atom stereocenters. The lowest BCUT2D eigenvalue weighted by molar-refractivity contribution is -0.0472. The number of hydrogen-bond acceptors (Lipinski definition) is 6. The molecule has 182 valence electrons. The van der Waals surface area contributed by atoms with E-state index in [2.05, 4.69) is 10.1 Å². The van der Waals surface area contributed by atoms with Crippen molar-refractivity contribution in [2.24, 2.45) is 5.92 Å². The first-order valence-electron chi connectivity index (χ1n) is 12.4. The third kappa shape index (κ3) is 4.42. The lowest BCUT2D eigenvalue weighted by Gasteiger charge is -2.28. The molecule has 1 aliphatic carbocycles. The van der Waals surface area contributed by atoms with Gasteiger partial charge in [-0.3, -0.25) is 0 Å². The molecule has 9 heteroatoms. The van der Waals surface area contributed by atoms with Crippen molar-refractivity contribution >= 4 is 17.1 Å². The van der Waals surface area contributed by atoms with Crippen LogP contribution in [0.15, 0.2) is 41.2 Å². The van der Waals surface area contributed by atoms with Gasteiger partial charge >= 0.3 is 5.97 Å². The quantitative estimate of drug-likeness (QED) is 0.325. The Morgan fingerprint density at radius 3 is 2.60 bits per heavy atom. The second-order valence-electron chi connectivity index (χ2n) is 8.87. The second-order valence-corrected chi connectivity index (χ2v) is 8.87. The molecule has 0 bridgehead atoms. The van der Waals surface area contributed by atoms with Gasteiger partial charge in [0, 0.05) is 31.1 Å². The molecule has 0 aliphatic heterocycles. The molecule has 1 aromatic carbocycles. The van der Waals surface area contributed by atoms with Crippen molar-refractivity contribution in [1.29, 1.82) is 0 Å². The van der Waals surface area contributed by atoms with Crippen LogP contribution in [-0.4, -0.2) is 38.7 Å². The minimum absolute atomic E-state index is 0.0554. The van der Waals surface area contributed by atoms with Gasteiger partial charge < -0.3 is 13.8 Å². The number of ether oxygens (including phenoxy) is 1. The number of carbonyl (C=O) groups is 1. The van der Waals surface area contributed by atoms with Crippen molar-refractivity contribution < 1.29 is 25.6 Å². The number of hydrogen-bond donors (Lipinski definition) is 0. The molecule has 1 fully saturated rings. The minimum atomic E-state index is -2.77. The molecular formula is C26H26F2N4O3. The van der Waals surface area contributed by atoms with E-state index in [0.29, 0.717) is 44.9 Å². The Labute approximate surface area is 203 Å². The summed E-state index contributed by atoms with van der Waals surface area (Å²) in [7, 11) is 1.30. The molecule has 4 aromatic rings. The maximum atomic E-state index is 13.8. The second kappa shape index (κ2) is 8.87. The van der Waals surface area contributed by atoms with Gasteiger partial charge in [0.05, 0.1) is 38.6 Å². The van der Waals surface area contributed by atoms with Gasteiger partial charge in [0.2, 0.25) is 5.92 Å². The molecule has 3 aromatic heterocycles. The standard InChI is InChI=1S/C26H26F2N4O3/c1-15-22(16(2)35-31-15)21-12-29-23-20(18-4-6-19(7-5-18)25(33)34-3)14-32(24(23)30-21)13-17-8-10-26(27,28)11-9-17/h4-7,12,14,17H,8-11,13H2,1-3H3/i13D2. The first-order valence-corrected chi connectivity index (χ1v) is 11.4. The molecule has 0 N–H and O–H groups in total. The molecule has 1 aliphatic rings. The Kier molecular flexibility index (Phi) is 5.25. The summed E-state index contributed by atoms with van der Waals surface area (Å²) in [6.07, 6.45) is 2.62. The van der Waals surface area contributed by atoms with E-state index in [4.69, 9.17) is 17.0 Å². The van der Waals surface area contributed by atoms with Crippen molar-refractivity contribution in [1.82, 2.24) is 19.7 Å². The van der Waals surface area contributed by atoms with Crippen molar-refractivity contribution in [3.05, 3.63) is 53.7 Å². The first-order chi connectivity index (χ1) is 17.5. The Bertz CT molecular complexity index is 1450. The molecular weight excluding hydrogens is 454 g/mol. The highest BCUT2D eigenvalue weighted by Gasteiger charge is 2.35. The van der Waals surface area contributed by atoms with Crippen LogP contribution < -0.4 is 0 Å². The van der Waals surface area contributed by atoms with Gasteiger partial charge in [-0.25, -0.2) is 23.5 Å². The summed E-state index contributed by atoms with van der Waals surface area (Å²) in [6, 6.07) is 6.69. The molecule has 0 amide bonds. The molecule has 0 spiro atoms. The Hall–Kier alpha value is -3.62. The number of carbonyl (C=O) groups excluding carboxylic acids is 1. The SMILES string of the molecule is [2H]C([2H])(C1CCC(F)(F)CC1)n1cc(-c2ccc(C(=O)OC)cc2)c2ncc(-c3c(C)noc3C)nc21. The molecule has 5 rings (SSSR count). The van der Waals surface area contributed by atoms with E-state index < -0.39 is 24.3 Å². The van der Waals surface area contributed by atoms with Gasteiger partial charge in [-0.05, 0) is 50.3 Å². The number of benzene rings is 1. The Morgan fingerprint density at radius 1 is 1.26 bits per heavy atom. The van der Waals surface area contributed by atoms with Crippen LogP contribution in [0.4, 0.5) is 8.78 Å². The number of fused-ring (bicyclic) bond motifs is 1. The highest BCUT2D eigenvalue weighted by Crippen LogP contribution is 2.38. The number of esters is 1. The van der Waals surface area contributed by atoms with E-state index in [1.807, 2.05) is 0 Å². The molecule has 7 nitrogen and oxygen atoms in total. The maximum absolute atomic E-state index is 13.8. The van der Waals surface area contributed by atoms with E-state index >= 15 is 0 Å². The van der Waals surface area contributed by atoms with Crippen LogP contribution in [0.1, 0.15) is 50.2 Å². The maximum Gasteiger partial charge on any atom is 0.337 e. The number of rotatable bonds is 5. The van der Waals surface area contributed by atoms with Gasteiger partial charge in [-0.2, -0.15) is 0 Å². The summed E-state index contributed by atoms with van der Waals surface area (Å²) >= 11 is 0.